The minimum absolute atomic E-state index is 0.00582. The second-order valence-corrected chi connectivity index (χ2v) is 5.78. The van der Waals surface area contributed by atoms with E-state index in [0.717, 1.165) is 18.9 Å². The summed E-state index contributed by atoms with van der Waals surface area (Å²) in [5, 5.41) is 3.01. The fraction of sp³-hybridized carbons (Fsp3) is 0.933. The third-order valence-corrected chi connectivity index (χ3v) is 4.31. The van der Waals surface area contributed by atoms with Crippen LogP contribution in [0.3, 0.4) is 0 Å². The summed E-state index contributed by atoms with van der Waals surface area (Å²) in [6.07, 6.45) is 7.96. The van der Waals surface area contributed by atoms with Crippen molar-refractivity contribution >= 4 is 5.91 Å². The minimum Gasteiger partial charge on any atom is -0.385 e. The van der Waals surface area contributed by atoms with Crippen LogP contribution in [0.4, 0.5) is 0 Å². The molecule has 4 heteroatoms. The first-order valence-corrected chi connectivity index (χ1v) is 7.69. The van der Waals surface area contributed by atoms with Gasteiger partial charge in [0.15, 0.2) is 0 Å². The Hall–Kier alpha value is -0.610. The van der Waals surface area contributed by atoms with Crippen molar-refractivity contribution in [2.24, 2.45) is 17.6 Å². The number of methoxy groups -OCH3 is 1. The van der Waals surface area contributed by atoms with Crippen molar-refractivity contribution in [1.82, 2.24) is 5.32 Å². The molecule has 3 N–H and O–H groups in total. The van der Waals surface area contributed by atoms with Crippen LogP contribution in [0.5, 0.6) is 0 Å². The van der Waals surface area contributed by atoms with Crippen molar-refractivity contribution in [3.63, 3.8) is 0 Å². The summed E-state index contributed by atoms with van der Waals surface area (Å²) in [7, 11) is 1.66. The summed E-state index contributed by atoms with van der Waals surface area (Å²) in [6, 6.07) is -0.387. The number of rotatable bonds is 8. The summed E-state index contributed by atoms with van der Waals surface area (Å²) in [5.41, 5.74) is 5.85. The topological polar surface area (TPSA) is 64.4 Å². The van der Waals surface area contributed by atoms with Gasteiger partial charge < -0.3 is 15.8 Å². The minimum atomic E-state index is -0.387. The predicted molar refractivity (Wildman–Crippen MR) is 77.8 cm³/mol. The molecule has 0 saturated heterocycles. The second-order valence-electron chi connectivity index (χ2n) is 5.78. The van der Waals surface area contributed by atoms with Crippen LogP contribution in [0.15, 0.2) is 0 Å². The van der Waals surface area contributed by atoms with Gasteiger partial charge in [-0.05, 0) is 37.5 Å². The molecule has 1 aliphatic rings. The lowest BCUT2D eigenvalue weighted by atomic mass is 9.81. The molecular formula is C15H30N2O2. The Morgan fingerprint density at radius 2 is 1.95 bits per heavy atom. The molecule has 1 fully saturated rings. The van der Waals surface area contributed by atoms with E-state index in [1.165, 1.54) is 32.1 Å². The molecule has 0 aromatic heterocycles. The average molecular weight is 270 g/mol. The van der Waals surface area contributed by atoms with Crippen molar-refractivity contribution in [2.45, 2.75) is 57.9 Å². The molecular weight excluding hydrogens is 240 g/mol. The van der Waals surface area contributed by atoms with Gasteiger partial charge in [0, 0.05) is 20.3 Å². The van der Waals surface area contributed by atoms with Gasteiger partial charge >= 0.3 is 0 Å². The molecule has 1 atom stereocenters. The first kappa shape index (κ1) is 16.4. The zero-order chi connectivity index (χ0) is 14.1. The number of hydrogen-bond donors (Lipinski definition) is 2. The van der Waals surface area contributed by atoms with Gasteiger partial charge in [-0.3, -0.25) is 4.79 Å². The largest absolute Gasteiger partial charge is 0.385 e. The predicted octanol–water partition coefficient (Wildman–Crippen LogP) is 2.07. The number of hydrogen-bond acceptors (Lipinski definition) is 3. The molecule has 1 saturated carbocycles. The van der Waals surface area contributed by atoms with Gasteiger partial charge in [-0.15, -0.1) is 0 Å². The highest BCUT2D eigenvalue weighted by Crippen LogP contribution is 2.30. The summed E-state index contributed by atoms with van der Waals surface area (Å²) >= 11 is 0. The van der Waals surface area contributed by atoms with E-state index < -0.39 is 0 Å². The van der Waals surface area contributed by atoms with E-state index in [-0.39, 0.29) is 11.9 Å². The monoisotopic (exact) mass is 270 g/mol. The Bertz CT molecular complexity index is 251. The zero-order valence-corrected chi connectivity index (χ0v) is 12.5. The lowest BCUT2D eigenvalue weighted by Crippen LogP contribution is -2.42. The normalized spacial score (nSPS) is 25.0. The van der Waals surface area contributed by atoms with E-state index in [1.54, 1.807) is 7.11 Å². The summed E-state index contributed by atoms with van der Waals surface area (Å²) in [4.78, 5) is 11.8. The molecule has 0 bridgehead atoms. The zero-order valence-electron chi connectivity index (χ0n) is 12.5. The fourth-order valence-electron chi connectivity index (χ4n) is 2.80. The van der Waals surface area contributed by atoms with Crippen molar-refractivity contribution in [2.75, 3.05) is 20.3 Å². The van der Waals surface area contributed by atoms with Gasteiger partial charge in [-0.1, -0.05) is 26.2 Å². The van der Waals surface area contributed by atoms with E-state index in [2.05, 4.69) is 12.2 Å². The summed E-state index contributed by atoms with van der Waals surface area (Å²) < 4.78 is 4.96. The third-order valence-electron chi connectivity index (χ3n) is 4.31. The molecule has 0 heterocycles. The van der Waals surface area contributed by atoms with Crippen LogP contribution in [-0.2, 0) is 9.53 Å². The van der Waals surface area contributed by atoms with E-state index >= 15 is 0 Å². The smallest absolute Gasteiger partial charge is 0.236 e. The van der Waals surface area contributed by atoms with Crippen molar-refractivity contribution < 1.29 is 9.53 Å². The van der Waals surface area contributed by atoms with Crippen molar-refractivity contribution in [3.8, 4) is 0 Å². The fourth-order valence-corrected chi connectivity index (χ4v) is 2.80. The lowest BCUT2D eigenvalue weighted by Gasteiger charge is -2.28. The maximum atomic E-state index is 11.8. The van der Waals surface area contributed by atoms with Gasteiger partial charge in [0.1, 0.15) is 0 Å². The molecule has 112 valence electrons. The first-order chi connectivity index (χ1) is 9.17. The highest BCUT2D eigenvalue weighted by atomic mass is 16.5. The van der Waals surface area contributed by atoms with E-state index in [1.807, 2.05) is 0 Å². The number of carbonyl (C=O) groups excluding carboxylic acids is 1. The van der Waals surface area contributed by atoms with Crippen LogP contribution >= 0.6 is 0 Å². The lowest BCUT2D eigenvalue weighted by molar-refractivity contribution is -0.122. The van der Waals surface area contributed by atoms with Gasteiger partial charge in [0.25, 0.3) is 0 Å². The van der Waals surface area contributed by atoms with Crippen LogP contribution in [0, 0.1) is 11.8 Å². The Labute approximate surface area is 117 Å². The molecule has 1 aliphatic carbocycles. The standard InChI is InChI=1S/C15H30N2O2/c1-3-12-6-8-13(9-7-12)11-17-15(18)14(16)5-4-10-19-2/h12-14H,3-11,16H2,1-2H3,(H,17,18). The van der Waals surface area contributed by atoms with E-state index in [9.17, 15) is 4.79 Å². The Balaban J connectivity index is 2.12. The number of nitrogens with two attached hydrogens (primary N) is 1. The quantitative estimate of drug-likeness (QED) is 0.664. The Kier molecular flexibility index (Phi) is 8.07. The van der Waals surface area contributed by atoms with Crippen LogP contribution in [0.1, 0.15) is 51.9 Å². The SMILES string of the molecule is CCC1CCC(CNC(=O)C(N)CCCOC)CC1. The molecule has 0 aromatic carbocycles. The number of nitrogens with one attached hydrogen (secondary N) is 1. The molecule has 19 heavy (non-hydrogen) atoms. The van der Waals surface area contributed by atoms with E-state index in [4.69, 9.17) is 10.5 Å². The Morgan fingerprint density at radius 3 is 2.53 bits per heavy atom. The number of amides is 1. The highest BCUT2D eigenvalue weighted by Gasteiger charge is 2.21. The van der Waals surface area contributed by atoms with Crippen molar-refractivity contribution in [1.29, 1.82) is 0 Å². The maximum Gasteiger partial charge on any atom is 0.236 e. The maximum absolute atomic E-state index is 11.8. The van der Waals surface area contributed by atoms with E-state index in [0.29, 0.717) is 18.9 Å². The summed E-state index contributed by atoms with van der Waals surface area (Å²) in [5.74, 6) is 1.55. The number of carbonyl (C=O) groups is 1. The van der Waals surface area contributed by atoms with Gasteiger partial charge in [0.2, 0.25) is 5.91 Å². The first-order valence-electron chi connectivity index (χ1n) is 7.69. The van der Waals surface area contributed by atoms with Gasteiger partial charge in [-0.2, -0.15) is 0 Å². The van der Waals surface area contributed by atoms with Crippen LogP contribution < -0.4 is 11.1 Å². The average Bonchev–Trinajstić information content (AvgIpc) is 2.45. The van der Waals surface area contributed by atoms with Gasteiger partial charge in [-0.25, -0.2) is 0 Å². The molecule has 0 spiro atoms. The second kappa shape index (κ2) is 9.32. The molecule has 0 radical (unpaired) electrons. The molecule has 1 rings (SSSR count). The third kappa shape index (κ3) is 6.39. The van der Waals surface area contributed by atoms with Crippen LogP contribution in [-0.4, -0.2) is 32.2 Å². The summed E-state index contributed by atoms with van der Waals surface area (Å²) in [6.45, 7) is 3.74. The Morgan fingerprint density at radius 1 is 1.32 bits per heavy atom. The molecule has 1 unspecified atom stereocenters. The molecule has 1 amide bonds. The molecule has 0 aromatic rings. The molecule has 0 aliphatic heterocycles. The van der Waals surface area contributed by atoms with Crippen LogP contribution in [0.2, 0.25) is 0 Å². The molecule has 4 nitrogen and oxygen atoms in total. The van der Waals surface area contributed by atoms with Gasteiger partial charge in [0.05, 0.1) is 6.04 Å². The van der Waals surface area contributed by atoms with Crippen LogP contribution in [0.25, 0.3) is 0 Å². The highest BCUT2D eigenvalue weighted by molar-refractivity contribution is 5.81. The number of ether oxygens (including phenoxy) is 1. The van der Waals surface area contributed by atoms with Crippen molar-refractivity contribution in [3.05, 3.63) is 0 Å².